The van der Waals surface area contributed by atoms with Crippen molar-refractivity contribution in [1.82, 2.24) is 20.0 Å². The van der Waals surface area contributed by atoms with Gasteiger partial charge < -0.3 is 14.3 Å². The molecular weight excluding hydrogens is 433 g/mol. The molecule has 1 aliphatic heterocycles. The molecule has 2 aliphatic rings. The van der Waals surface area contributed by atoms with Crippen LogP contribution in [0, 0.1) is 5.82 Å². The molecule has 0 bridgehead atoms. The van der Waals surface area contributed by atoms with Gasteiger partial charge in [-0.1, -0.05) is 35.7 Å². The molecule has 1 aromatic carbocycles. The minimum absolute atomic E-state index is 0.0674. The van der Waals surface area contributed by atoms with Crippen molar-refractivity contribution in [2.24, 2.45) is 0 Å². The zero-order chi connectivity index (χ0) is 22.1. The van der Waals surface area contributed by atoms with Gasteiger partial charge in [-0.25, -0.2) is 9.37 Å². The summed E-state index contributed by atoms with van der Waals surface area (Å²) in [7, 11) is 0. The zero-order valence-electron chi connectivity index (χ0n) is 17.5. The van der Waals surface area contributed by atoms with Gasteiger partial charge in [0.25, 0.3) is 5.91 Å². The van der Waals surface area contributed by atoms with Crippen LogP contribution in [0.2, 0.25) is 5.02 Å². The largest absolute Gasteiger partial charge is 0.353 e. The predicted octanol–water partition coefficient (Wildman–Crippen LogP) is 4.54. The highest BCUT2D eigenvalue weighted by Crippen LogP contribution is 2.34. The lowest BCUT2D eigenvalue weighted by molar-refractivity contribution is 0.0742. The Morgan fingerprint density at radius 3 is 2.56 bits per heavy atom. The van der Waals surface area contributed by atoms with E-state index in [2.05, 4.69) is 20.0 Å². The molecule has 32 heavy (non-hydrogen) atoms. The van der Waals surface area contributed by atoms with Crippen LogP contribution in [0.1, 0.15) is 47.8 Å². The van der Waals surface area contributed by atoms with E-state index in [0.29, 0.717) is 37.9 Å². The number of anilines is 1. The maximum atomic E-state index is 14.1. The number of rotatable bonds is 4. The van der Waals surface area contributed by atoms with Gasteiger partial charge in [0.05, 0.1) is 10.6 Å². The molecule has 0 spiro atoms. The molecule has 9 heteroatoms. The summed E-state index contributed by atoms with van der Waals surface area (Å²) in [4.78, 5) is 25.6. The van der Waals surface area contributed by atoms with Gasteiger partial charge in [0.1, 0.15) is 11.6 Å². The second-order valence-electron chi connectivity index (χ2n) is 8.22. The van der Waals surface area contributed by atoms with Gasteiger partial charge in [-0.3, -0.25) is 4.79 Å². The standard InChI is InChI=1S/C23H23ClFN5O2/c24-17-6-3-7-18(25)20(17)23(31)30-12-10-29(11-13-30)19-9-8-16(14-26-19)21-27-22(32-28-21)15-4-1-2-5-15/h3,6-9,14-15H,1-2,4-5,10-13H2. The second kappa shape index (κ2) is 8.86. The van der Waals surface area contributed by atoms with Crippen LogP contribution in [0.3, 0.4) is 0 Å². The molecule has 0 unspecified atom stereocenters. The molecule has 166 valence electrons. The maximum absolute atomic E-state index is 14.1. The van der Waals surface area contributed by atoms with Crippen molar-refractivity contribution in [3.05, 3.63) is 58.8 Å². The molecule has 1 saturated heterocycles. The summed E-state index contributed by atoms with van der Waals surface area (Å²) < 4.78 is 19.6. The Labute approximate surface area is 190 Å². The molecule has 0 atom stereocenters. The molecule has 7 nitrogen and oxygen atoms in total. The Balaban J connectivity index is 1.22. The van der Waals surface area contributed by atoms with Crippen LogP contribution >= 0.6 is 11.6 Å². The Hall–Kier alpha value is -3.00. The number of amides is 1. The maximum Gasteiger partial charge on any atom is 0.258 e. The van der Waals surface area contributed by atoms with Gasteiger partial charge >= 0.3 is 0 Å². The minimum atomic E-state index is -0.597. The Bertz CT molecular complexity index is 1090. The van der Waals surface area contributed by atoms with Crippen molar-refractivity contribution >= 4 is 23.3 Å². The van der Waals surface area contributed by atoms with Crippen LogP contribution in [0.4, 0.5) is 10.2 Å². The van der Waals surface area contributed by atoms with Crippen LogP contribution < -0.4 is 4.90 Å². The first-order chi connectivity index (χ1) is 15.6. The average Bonchev–Trinajstić information content (AvgIpc) is 3.51. The number of piperazine rings is 1. The summed E-state index contributed by atoms with van der Waals surface area (Å²) in [6, 6.07) is 8.13. The highest BCUT2D eigenvalue weighted by molar-refractivity contribution is 6.33. The van der Waals surface area contributed by atoms with Gasteiger partial charge in [-0.05, 0) is 37.1 Å². The van der Waals surface area contributed by atoms with Crippen LogP contribution in [-0.4, -0.2) is 52.1 Å². The van der Waals surface area contributed by atoms with E-state index in [0.717, 1.165) is 30.1 Å². The molecule has 1 amide bonds. The zero-order valence-corrected chi connectivity index (χ0v) is 18.3. The Morgan fingerprint density at radius 1 is 1.09 bits per heavy atom. The normalized spacial score (nSPS) is 17.2. The lowest BCUT2D eigenvalue weighted by Crippen LogP contribution is -2.49. The first-order valence-corrected chi connectivity index (χ1v) is 11.3. The third-order valence-electron chi connectivity index (χ3n) is 6.22. The van der Waals surface area contributed by atoms with Gasteiger partial charge in [-0.15, -0.1) is 0 Å². The number of halogens is 2. The Kier molecular flexibility index (Phi) is 5.78. The van der Waals surface area contributed by atoms with Gasteiger partial charge in [0.2, 0.25) is 11.7 Å². The fourth-order valence-corrected chi connectivity index (χ4v) is 4.64. The van der Waals surface area contributed by atoms with Crippen molar-refractivity contribution in [2.75, 3.05) is 31.1 Å². The quantitative estimate of drug-likeness (QED) is 0.574. The lowest BCUT2D eigenvalue weighted by Gasteiger charge is -2.35. The van der Waals surface area contributed by atoms with Crippen molar-refractivity contribution in [1.29, 1.82) is 0 Å². The fourth-order valence-electron chi connectivity index (χ4n) is 4.40. The molecule has 0 radical (unpaired) electrons. The smallest absolute Gasteiger partial charge is 0.258 e. The van der Waals surface area contributed by atoms with Gasteiger partial charge in [-0.2, -0.15) is 4.98 Å². The molecule has 2 aromatic heterocycles. The van der Waals surface area contributed by atoms with E-state index in [-0.39, 0.29) is 16.5 Å². The molecule has 5 rings (SSSR count). The molecule has 3 aromatic rings. The molecule has 3 heterocycles. The number of hydrogen-bond acceptors (Lipinski definition) is 6. The Morgan fingerprint density at radius 2 is 1.88 bits per heavy atom. The summed E-state index contributed by atoms with van der Waals surface area (Å²) in [6.45, 7) is 2.11. The molecule has 2 fully saturated rings. The van der Waals surface area contributed by atoms with Crippen molar-refractivity contribution < 1.29 is 13.7 Å². The highest BCUT2D eigenvalue weighted by Gasteiger charge is 2.27. The van der Waals surface area contributed by atoms with Crippen LogP contribution in [0.5, 0.6) is 0 Å². The highest BCUT2D eigenvalue weighted by atomic mass is 35.5. The van der Waals surface area contributed by atoms with E-state index in [4.69, 9.17) is 16.1 Å². The van der Waals surface area contributed by atoms with Crippen LogP contribution in [-0.2, 0) is 0 Å². The summed E-state index contributed by atoms with van der Waals surface area (Å²) in [5.41, 5.74) is 0.743. The summed E-state index contributed by atoms with van der Waals surface area (Å²) in [5, 5.41) is 4.25. The van der Waals surface area contributed by atoms with Gasteiger partial charge in [0, 0.05) is 43.9 Å². The van der Waals surface area contributed by atoms with E-state index in [1.165, 1.54) is 31.0 Å². The summed E-state index contributed by atoms with van der Waals surface area (Å²) in [5.74, 6) is 1.48. The first kappa shape index (κ1) is 20.9. The van der Waals surface area contributed by atoms with Crippen LogP contribution in [0.15, 0.2) is 41.1 Å². The third kappa shape index (κ3) is 4.07. The third-order valence-corrected chi connectivity index (χ3v) is 6.53. The molecule has 0 N–H and O–H groups in total. The molecule has 1 aliphatic carbocycles. The predicted molar refractivity (Wildman–Crippen MR) is 118 cm³/mol. The number of aromatic nitrogens is 3. The monoisotopic (exact) mass is 455 g/mol. The molecule has 1 saturated carbocycles. The number of nitrogens with zero attached hydrogens (tertiary/aromatic N) is 5. The number of carbonyl (C=O) groups excluding carboxylic acids is 1. The fraction of sp³-hybridized carbons (Fsp3) is 0.391. The summed E-state index contributed by atoms with van der Waals surface area (Å²) >= 11 is 6.05. The number of pyridine rings is 1. The van der Waals surface area contributed by atoms with Crippen LogP contribution in [0.25, 0.3) is 11.4 Å². The SMILES string of the molecule is O=C(c1c(F)cccc1Cl)N1CCN(c2ccc(-c3noc(C4CCCC4)n3)cn2)CC1. The topological polar surface area (TPSA) is 75.4 Å². The average molecular weight is 456 g/mol. The van der Waals surface area contributed by atoms with E-state index in [1.54, 1.807) is 11.1 Å². The number of hydrogen-bond donors (Lipinski definition) is 0. The van der Waals surface area contributed by atoms with E-state index >= 15 is 0 Å². The van der Waals surface area contributed by atoms with E-state index in [1.807, 2.05) is 12.1 Å². The van der Waals surface area contributed by atoms with Gasteiger partial charge in [0.15, 0.2) is 0 Å². The van der Waals surface area contributed by atoms with Crippen molar-refractivity contribution in [3.63, 3.8) is 0 Å². The van der Waals surface area contributed by atoms with Crippen molar-refractivity contribution in [2.45, 2.75) is 31.6 Å². The number of benzene rings is 1. The van der Waals surface area contributed by atoms with E-state index < -0.39 is 5.82 Å². The lowest BCUT2D eigenvalue weighted by atomic mass is 10.1. The molecular formula is C23H23ClFN5O2. The second-order valence-corrected chi connectivity index (χ2v) is 8.63. The van der Waals surface area contributed by atoms with E-state index in [9.17, 15) is 9.18 Å². The summed E-state index contributed by atoms with van der Waals surface area (Å²) in [6.07, 6.45) is 6.39. The minimum Gasteiger partial charge on any atom is -0.353 e. The first-order valence-electron chi connectivity index (χ1n) is 10.9. The number of carbonyl (C=O) groups is 1. The van der Waals surface area contributed by atoms with Crippen molar-refractivity contribution in [3.8, 4) is 11.4 Å².